The van der Waals surface area contributed by atoms with E-state index < -0.39 is 0 Å². The third-order valence-corrected chi connectivity index (χ3v) is 2.76. The van der Waals surface area contributed by atoms with Crippen molar-refractivity contribution in [2.24, 2.45) is 0 Å². The molecule has 0 aliphatic heterocycles. The Morgan fingerprint density at radius 1 is 1.00 bits per heavy atom. The first-order valence-electron chi connectivity index (χ1n) is 7.17. The summed E-state index contributed by atoms with van der Waals surface area (Å²) in [5.41, 5.74) is 0. The molecule has 0 saturated heterocycles. The summed E-state index contributed by atoms with van der Waals surface area (Å²) in [5.74, 6) is 0.200. The summed E-state index contributed by atoms with van der Waals surface area (Å²) in [5, 5.41) is 6.22. The maximum atomic E-state index is 11.4. The van der Waals surface area contributed by atoms with Crippen molar-refractivity contribution in [1.82, 2.24) is 10.6 Å². The van der Waals surface area contributed by atoms with Gasteiger partial charge in [0, 0.05) is 25.6 Å². The molecule has 102 valence electrons. The number of nitrogens with one attached hydrogen (secondary N) is 2. The monoisotopic (exact) mass is 242 g/mol. The average molecular weight is 242 g/mol. The predicted octanol–water partition coefficient (Wildman–Crippen LogP) is 2.85. The highest BCUT2D eigenvalue weighted by Gasteiger charge is 2.00. The maximum Gasteiger partial charge on any atom is 0.220 e. The van der Waals surface area contributed by atoms with Crippen LogP contribution in [-0.2, 0) is 4.79 Å². The van der Waals surface area contributed by atoms with Crippen LogP contribution in [0, 0.1) is 0 Å². The molecule has 0 aromatic carbocycles. The summed E-state index contributed by atoms with van der Waals surface area (Å²) in [6, 6.07) is 0.491. The molecular formula is C14H30N2O. The first-order chi connectivity index (χ1) is 8.16. The van der Waals surface area contributed by atoms with Crippen molar-refractivity contribution >= 4 is 5.91 Å². The van der Waals surface area contributed by atoms with Gasteiger partial charge in [-0.05, 0) is 6.42 Å². The summed E-state index contributed by atoms with van der Waals surface area (Å²) in [7, 11) is 0. The van der Waals surface area contributed by atoms with E-state index in [0.717, 1.165) is 19.5 Å². The van der Waals surface area contributed by atoms with Gasteiger partial charge >= 0.3 is 0 Å². The van der Waals surface area contributed by atoms with E-state index in [1.54, 1.807) is 0 Å². The van der Waals surface area contributed by atoms with Crippen molar-refractivity contribution in [2.75, 3.05) is 13.1 Å². The second kappa shape index (κ2) is 11.9. The van der Waals surface area contributed by atoms with Gasteiger partial charge in [-0.25, -0.2) is 0 Å². The van der Waals surface area contributed by atoms with Crippen LogP contribution in [0.1, 0.15) is 65.7 Å². The van der Waals surface area contributed by atoms with E-state index in [-0.39, 0.29) is 5.91 Å². The Bertz CT molecular complexity index is 181. The normalized spacial score (nSPS) is 10.8. The molecule has 0 aliphatic rings. The van der Waals surface area contributed by atoms with E-state index in [4.69, 9.17) is 0 Å². The fourth-order valence-electron chi connectivity index (χ4n) is 1.72. The molecule has 0 heterocycles. The van der Waals surface area contributed by atoms with E-state index in [2.05, 4.69) is 31.4 Å². The van der Waals surface area contributed by atoms with Crippen molar-refractivity contribution in [1.29, 1.82) is 0 Å². The largest absolute Gasteiger partial charge is 0.355 e. The fraction of sp³-hybridized carbons (Fsp3) is 0.929. The van der Waals surface area contributed by atoms with Gasteiger partial charge in [-0.1, -0.05) is 52.9 Å². The summed E-state index contributed by atoms with van der Waals surface area (Å²) >= 11 is 0. The zero-order chi connectivity index (χ0) is 12.9. The van der Waals surface area contributed by atoms with Crippen LogP contribution in [0.15, 0.2) is 0 Å². The van der Waals surface area contributed by atoms with Crippen LogP contribution in [0.5, 0.6) is 0 Å². The minimum atomic E-state index is 0.200. The van der Waals surface area contributed by atoms with E-state index in [1.165, 1.54) is 32.1 Å². The van der Waals surface area contributed by atoms with Gasteiger partial charge in [0.2, 0.25) is 5.91 Å². The van der Waals surface area contributed by atoms with Gasteiger partial charge in [-0.3, -0.25) is 4.79 Å². The Morgan fingerprint density at radius 3 is 2.29 bits per heavy atom. The quantitative estimate of drug-likeness (QED) is 0.547. The zero-order valence-electron chi connectivity index (χ0n) is 11.8. The van der Waals surface area contributed by atoms with Crippen LogP contribution in [0.3, 0.4) is 0 Å². The lowest BCUT2D eigenvalue weighted by Crippen LogP contribution is -2.34. The molecule has 0 aromatic rings. The second-order valence-electron chi connectivity index (χ2n) is 4.98. The maximum absolute atomic E-state index is 11.4. The first-order valence-corrected chi connectivity index (χ1v) is 7.17. The van der Waals surface area contributed by atoms with E-state index >= 15 is 0 Å². The molecule has 2 N–H and O–H groups in total. The zero-order valence-corrected chi connectivity index (χ0v) is 11.8. The van der Waals surface area contributed by atoms with Crippen LogP contribution in [0.2, 0.25) is 0 Å². The van der Waals surface area contributed by atoms with Crippen LogP contribution in [0.4, 0.5) is 0 Å². The van der Waals surface area contributed by atoms with Crippen LogP contribution < -0.4 is 10.6 Å². The van der Waals surface area contributed by atoms with Crippen LogP contribution in [-0.4, -0.2) is 25.0 Å². The third kappa shape index (κ3) is 13.4. The molecule has 0 atom stereocenters. The number of hydrogen-bond acceptors (Lipinski definition) is 2. The Balaban J connectivity index is 3.18. The molecule has 0 rings (SSSR count). The van der Waals surface area contributed by atoms with Gasteiger partial charge in [0.1, 0.15) is 0 Å². The molecule has 0 aromatic heterocycles. The first kappa shape index (κ1) is 16.4. The molecule has 3 nitrogen and oxygen atoms in total. The van der Waals surface area contributed by atoms with E-state index in [9.17, 15) is 4.79 Å². The van der Waals surface area contributed by atoms with E-state index in [0.29, 0.717) is 12.5 Å². The van der Waals surface area contributed by atoms with Crippen LogP contribution >= 0.6 is 0 Å². The lowest BCUT2D eigenvalue weighted by molar-refractivity contribution is -0.121. The number of amides is 1. The standard InChI is InChI=1S/C14H30N2O/c1-4-5-6-7-8-9-10-14(17)16-12-11-15-13(2)3/h13,15H,4-12H2,1-3H3,(H,16,17). The van der Waals surface area contributed by atoms with Gasteiger partial charge in [-0.2, -0.15) is 0 Å². The molecule has 0 fully saturated rings. The second-order valence-corrected chi connectivity index (χ2v) is 4.98. The van der Waals surface area contributed by atoms with Gasteiger partial charge in [-0.15, -0.1) is 0 Å². The van der Waals surface area contributed by atoms with Crippen molar-refractivity contribution in [3.05, 3.63) is 0 Å². The molecular weight excluding hydrogens is 212 g/mol. The molecule has 1 amide bonds. The minimum Gasteiger partial charge on any atom is -0.355 e. The van der Waals surface area contributed by atoms with Crippen molar-refractivity contribution in [3.8, 4) is 0 Å². The number of unbranched alkanes of at least 4 members (excludes halogenated alkanes) is 5. The van der Waals surface area contributed by atoms with Gasteiger partial charge < -0.3 is 10.6 Å². The van der Waals surface area contributed by atoms with Crippen molar-refractivity contribution in [2.45, 2.75) is 71.8 Å². The number of rotatable bonds is 11. The summed E-state index contributed by atoms with van der Waals surface area (Å²) < 4.78 is 0. The van der Waals surface area contributed by atoms with Crippen molar-refractivity contribution in [3.63, 3.8) is 0 Å². The Hall–Kier alpha value is -0.570. The fourth-order valence-corrected chi connectivity index (χ4v) is 1.72. The highest BCUT2D eigenvalue weighted by atomic mass is 16.1. The molecule has 0 unspecified atom stereocenters. The molecule has 0 aliphatic carbocycles. The molecule has 0 spiro atoms. The Labute approximate surface area is 107 Å². The van der Waals surface area contributed by atoms with Gasteiger partial charge in [0.15, 0.2) is 0 Å². The average Bonchev–Trinajstić information content (AvgIpc) is 2.29. The SMILES string of the molecule is CCCCCCCCC(=O)NCCNC(C)C. The predicted molar refractivity (Wildman–Crippen MR) is 74.1 cm³/mol. The molecule has 0 radical (unpaired) electrons. The highest BCUT2D eigenvalue weighted by molar-refractivity contribution is 5.75. The number of carbonyl (C=O) groups is 1. The molecule has 17 heavy (non-hydrogen) atoms. The minimum absolute atomic E-state index is 0.200. The summed E-state index contributed by atoms with van der Waals surface area (Å²) in [6.07, 6.45) is 8.11. The summed E-state index contributed by atoms with van der Waals surface area (Å²) in [6.45, 7) is 8.04. The van der Waals surface area contributed by atoms with E-state index in [1.807, 2.05) is 0 Å². The lowest BCUT2D eigenvalue weighted by Gasteiger charge is -2.09. The topological polar surface area (TPSA) is 41.1 Å². The number of carbonyl (C=O) groups excluding carboxylic acids is 1. The van der Waals surface area contributed by atoms with Gasteiger partial charge in [0.05, 0.1) is 0 Å². The highest BCUT2D eigenvalue weighted by Crippen LogP contribution is 2.06. The number of hydrogen-bond donors (Lipinski definition) is 2. The van der Waals surface area contributed by atoms with Crippen molar-refractivity contribution < 1.29 is 4.79 Å². The molecule has 3 heteroatoms. The molecule has 0 bridgehead atoms. The summed E-state index contributed by atoms with van der Waals surface area (Å²) in [4.78, 5) is 11.4. The van der Waals surface area contributed by atoms with Gasteiger partial charge in [0.25, 0.3) is 0 Å². The molecule has 0 saturated carbocycles. The third-order valence-electron chi connectivity index (χ3n) is 2.76. The van der Waals surface area contributed by atoms with Crippen LogP contribution in [0.25, 0.3) is 0 Å². The Kier molecular flexibility index (Phi) is 11.5. The lowest BCUT2D eigenvalue weighted by atomic mass is 10.1. The smallest absolute Gasteiger partial charge is 0.220 e. The Morgan fingerprint density at radius 2 is 1.65 bits per heavy atom.